The van der Waals surface area contributed by atoms with Crippen molar-refractivity contribution in [1.82, 2.24) is 4.98 Å². The van der Waals surface area contributed by atoms with E-state index < -0.39 is 11.0 Å². The number of fused-ring (bicyclic) bond motifs is 6. The molecule has 2 atom stereocenters. The fraction of sp³-hybridized carbons (Fsp3) is 0.296. The summed E-state index contributed by atoms with van der Waals surface area (Å²) in [5, 5.41) is 1.27. The summed E-state index contributed by atoms with van der Waals surface area (Å²) in [6, 6.07) is 18.8. The number of aromatic amines is 1. The van der Waals surface area contributed by atoms with Crippen molar-refractivity contribution < 1.29 is 9.53 Å². The minimum atomic E-state index is -0.540. The van der Waals surface area contributed by atoms with Gasteiger partial charge in [0.25, 0.3) is 0 Å². The van der Waals surface area contributed by atoms with Gasteiger partial charge in [-0.3, -0.25) is 4.79 Å². The Balaban J connectivity index is 1.59. The normalized spacial score (nSPS) is 27.8. The molecule has 0 radical (unpaired) electrons. The van der Waals surface area contributed by atoms with Crippen LogP contribution in [0.1, 0.15) is 49.4 Å². The van der Waals surface area contributed by atoms with Crippen molar-refractivity contribution in [2.24, 2.45) is 0 Å². The lowest BCUT2D eigenvalue weighted by molar-refractivity contribution is -0.116. The van der Waals surface area contributed by atoms with E-state index in [4.69, 9.17) is 4.74 Å². The van der Waals surface area contributed by atoms with E-state index in [0.717, 1.165) is 53.8 Å². The van der Waals surface area contributed by atoms with Gasteiger partial charge >= 0.3 is 0 Å². The number of ketones is 1. The molecule has 1 aliphatic heterocycles. The van der Waals surface area contributed by atoms with Crippen molar-refractivity contribution in [3.8, 4) is 0 Å². The van der Waals surface area contributed by atoms with Crippen LogP contribution in [0, 0.1) is 0 Å². The smallest absolute Gasteiger partial charge is 0.163 e. The number of hydrogen-bond donors (Lipinski definition) is 1. The maximum atomic E-state index is 13.2. The van der Waals surface area contributed by atoms with Gasteiger partial charge in [0.2, 0.25) is 0 Å². The molecule has 2 aromatic carbocycles. The highest BCUT2D eigenvalue weighted by molar-refractivity contribution is 6.01. The highest BCUT2D eigenvalue weighted by Gasteiger charge is 2.63. The maximum Gasteiger partial charge on any atom is 0.163 e. The number of carbonyl (C=O) groups is 1. The zero-order chi connectivity index (χ0) is 20.3. The quantitative estimate of drug-likeness (QED) is 0.590. The second-order valence-electron chi connectivity index (χ2n) is 8.96. The number of Topliss-reactive ketones (excluding diaryl/α,β-unsaturated/α-hetero) is 1. The summed E-state index contributed by atoms with van der Waals surface area (Å²) in [5.41, 5.74) is 4.65. The highest BCUT2D eigenvalue weighted by Crippen LogP contribution is 2.60. The summed E-state index contributed by atoms with van der Waals surface area (Å²) >= 11 is 0. The summed E-state index contributed by atoms with van der Waals surface area (Å²) < 4.78 is 6.76. The number of nitrogens with one attached hydrogen (secondary N) is 1. The Bertz CT molecular complexity index is 1230. The Morgan fingerprint density at radius 2 is 1.80 bits per heavy atom. The molecule has 0 saturated carbocycles. The largest absolute Gasteiger partial charge is 0.486 e. The average molecular weight is 396 g/mol. The zero-order valence-corrected chi connectivity index (χ0v) is 17.2. The highest BCUT2D eigenvalue weighted by atomic mass is 16.5. The van der Waals surface area contributed by atoms with E-state index in [2.05, 4.69) is 72.6 Å². The third kappa shape index (κ3) is 2.23. The van der Waals surface area contributed by atoms with Crippen molar-refractivity contribution in [3.63, 3.8) is 0 Å². The molecule has 0 fully saturated rings. The van der Waals surface area contributed by atoms with Gasteiger partial charge in [0.15, 0.2) is 5.78 Å². The number of allylic oxidation sites excluding steroid dienone is 1. The van der Waals surface area contributed by atoms with Crippen LogP contribution in [-0.2, 0) is 21.4 Å². The maximum absolute atomic E-state index is 13.2. The van der Waals surface area contributed by atoms with Gasteiger partial charge in [0.1, 0.15) is 11.4 Å². The van der Waals surface area contributed by atoms with E-state index in [1.54, 1.807) is 0 Å². The molecule has 0 spiro atoms. The summed E-state index contributed by atoms with van der Waals surface area (Å²) in [7, 11) is 0. The molecule has 2 heterocycles. The monoisotopic (exact) mass is 395 g/mol. The van der Waals surface area contributed by atoms with Gasteiger partial charge in [-0.1, -0.05) is 54.6 Å². The number of ether oxygens (including phenoxy) is 1. The summed E-state index contributed by atoms with van der Waals surface area (Å²) in [6.07, 6.45) is 8.53. The number of aromatic nitrogens is 1. The van der Waals surface area contributed by atoms with E-state index >= 15 is 0 Å². The molecule has 3 aromatic rings. The van der Waals surface area contributed by atoms with E-state index in [0.29, 0.717) is 6.42 Å². The fourth-order valence-electron chi connectivity index (χ4n) is 5.92. The molecule has 30 heavy (non-hydrogen) atoms. The van der Waals surface area contributed by atoms with Crippen LogP contribution < -0.4 is 0 Å². The van der Waals surface area contributed by atoms with Crippen LogP contribution in [0.15, 0.2) is 72.0 Å². The fourth-order valence-corrected chi connectivity index (χ4v) is 5.92. The van der Waals surface area contributed by atoms with Gasteiger partial charge in [0, 0.05) is 35.0 Å². The standard InChI is InChI=1S/C27H25NO2/c1-26-24-22(29)12-7-13-23(24)30-27(26,16-14-18-8-3-2-4-9-18)17-15-20-19-10-5-6-11-21(19)28-25(20)26/h2-6,8-11,14,16,28H,7,12-13,15,17H2,1H3/b16-14+/t26-,27+/m1/s1. The molecular formula is C27H25NO2. The van der Waals surface area contributed by atoms with Gasteiger partial charge in [0.05, 0.1) is 5.41 Å². The lowest BCUT2D eigenvalue weighted by Gasteiger charge is -2.45. The van der Waals surface area contributed by atoms with Gasteiger partial charge in [-0.05, 0) is 49.5 Å². The van der Waals surface area contributed by atoms with E-state index in [1.807, 2.05) is 6.07 Å². The van der Waals surface area contributed by atoms with Crippen LogP contribution in [0.2, 0.25) is 0 Å². The molecular weight excluding hydrogens is 370 g/mol. The predicted molar refractivity (Wildman–Crippen MR) is 119 cm³/mol. The van der Waals surface area contributed by atoms with Crippen LogP contribution in [0.3, 0.4) is 0 Å². The first kappa shape index (κ1) is 17.8. The van der Waals surface area contributed by atoms with Crippen molar-refractivity contribution in [1.29, 1.82) is 0 Å². The molecule has 150 valence electrons. The Hall–Kier alpha value is -3.07. The van der Waals surface area contributed by atoms with Crippen molar-refractivity contribution in [2.75, 3.05) is 0 Å². The lowest BCUT2D eigenvalue weighted by Crippen LogP contribution is -2.51. The average Bonchev–Trinajstić information content (AvgIpc) is 3.28. The molecule has 3 aliphatic rings. The molecule has 0 bridgehead atoms. The summed E-state index contributed by atoms with van der Waals surface area (Å²) in [5.74, 6) is 1.17. The number of benzene rings is 2. The van der Waals surface area contributed by atoms with E-state index in [1.165, 1.54) is 10.9 Å². The zero-order valence-electron chi connectivity index (χ0n) is 17.2. The van der Waals surface area contributed by atoms with Gasteiger partial charge in [-0.25, -0.2) is 0 Å². The molecule has 3 heteroatoms. The first-order valence-electron chi connectivity index (χ1n) is 10.9. The molecule has 0 unspecified atom stereocenters. The van der Waals surface area contributed by atoms with Crippen molar-refractivity contribution in [2.45, 2.75) is 50.0 Å². The van der Waals surface area contributed by atoms with E-state index in [-0.39, 0.29) is 5.78 Å². The van der Waals surface area contributed by atoms with Crippen LogP contribution in [-0.4, -0.2) is 16.4 Å². The number of rotatable bonds is 2. The number of carbonyl (C=O) groups excluding carboxylic acids is 1. The Labute approximate surface area is 176 Å². The van der Waals surface area contributed by atoms with E-state index in [9.17, 15) is 4.79 Å². The summed E-state index contributed by atoms with van der Waals surface area (Å²) in [6.45, 7) is 2.22. The predicted octanol–water partition coefficient (Wildman–Crippen LogP) is 5.86. The molecule has 2 aliphatic carbocycles. The molecule has 1 N–H and O–H groups in total. The first-order chi connectivity index (χ1) is 14.6. The Morgan fingerprint density at radius 1 is 1.00 bits per heavy atom. The number of aryl methyl sites for hydroxylation is 1. The number of para-hydroxylation sites is 1. The number of hydrogen-bond acceptors (Lipinski definition) is 2. The molecule has 0 amide bonds. The van der Waals surface area contributed by atoms with Crippen LogP contribution in [0.4, 0.5) is 0 Å². The van der Waals surface area contributed by atoms with Gasteiger partial charge in [-0.15, -0.1) is 0 Å². The molecule has 3 nitrogen and oxygen atoms in total. The Morgan fingerprint density at radius 3 is 2.67 bits per heavy atom. The van der Waals surface area contributed by atoms with Crippen LogP contribution >= 0.6 is 0 Å². The third-order valence-corrected chi connectivity index (χ3v) is 7.42. The molecule has 6 rings (SSSR count). The minimum Gasteiger partial charge on any atom is -0.486 e. The Kier molecular flexibility index (Phi) is 3.68. The van der Waals surface area contributed by atoms with Gasteiger partial charge < -0.3 is 9.72 Å². The SMILES string of the molecule is C[C@]12C3=C(CCCC3=O)O[C@@]1(/C=C/c1ccccc1)CCc1c2[nH]c2ccccc12. The van der Waals surface area contributed by atoms with Crippen molar-refractivity contribution >= 4 is 22.8 Å². The summed E-state index contributed by atoms with van der Waals surface area (Å²) in [4.78, 5) is 16.9. The van der Waals surface area contributed by atoms with Crippen LogP contribution in [0.5, 0.6) is 0 Å². The third-order valence-electron chi connectivity index (χ3n) is 7.42. The van der Waals surface area contributed by atoms with Crippen LogP contribution in [0.25, 0.3) is 17.0 Å². The first-order valence-corrected chi connectivity index (χ1v) is 10.9. The second kappa shape index (κ2) is 6.21. The minimum absolute atomic E-state index is 0.250. The second-order valence-corrected chi connectivity index (χ2v) is 8.96. The molecule has 0 saturated heterocycles. The topological polar surface area (TPSA) is 42.1 Å². The van der Waals surface area contributed by atoms with Gasteiger partial charge in [-0.2, -0.15) is 0 Å². The molecule has 1 aromatic heterocycles. The lowest BCUT2D eigenvalue weighted by atomic mass is 9.59. The number of H-pyrrole nitrogens is 1. The van der Waals surface area contributed by atoms with Crippen molar-refractivity contribution in [3.05, 3.63) is 88.8 Å².